The van der Waals surface area contributed by atoms with E-state index in [1.807, 2.05) is 6.92 Å². The molecule has 17 heavy (non-hydrogen) atoms. The fraction of sp³-hybridized carbons (Fsp3) is 0.385. The molecular formula is C13H16ClNO2. The van der Waals surface area contributed by atoms with E-state index in [1.54, 1.807) is 32.0 Å². The number of benzene rings is 1. The van der Waals surface area contributed by atoms with Crippen LogP contribution < -0.4 is 5.32 Å². The van der Waals surface area contributed by atoms with Crippen LogP contribution in [0.3, 0.4) is 0 Å². The highest BCUT2D eigenvalue weighted by Gasteiger charge is 2.16. The smallest absolute Gasteiger partial charge is 0.252 e. The number of hydrogen-bond acceptors (Lipinski definition) is 2. The predicted molar refractivity (Wildman–Crippen MR) is 68.4 cm³/mol. The molecule has 0 radical (unpaired) electrons. The van der Waals surface area contributed by atoms with Crippen molar-refractivity contribution in [1.29, 1.82) is 0 Å². The van der Waals surface area contributed by atoms with Crippen LogP contribution in [-0.2, 0) is 4.79 Å². The molecule has 1 amide bonds. The fourth-order valence-corrected chi connectivity index (χ4v) is 1.77. The molecule has 1 rings (SSSR count). The molecule has 1 atom stereocenters. The van der Waals surface area contributed by atoms with Crippen molar-refractivity contribution in [2.24, 2.45) is 0 Å². The summed E-state index contributed by atoms with van der Waals surface area (Å²) < 4.78 is 0. The lowest BCUT2D eigenvalue weighted by atomic mass is 10.1. The van der Waals surface area contributed by atoms with Gasteiger partial charge in [0.05, 0.1) is 6.04 Å². The molecule has 1 N–H and O–H groups in total. The van der Waals surface area contributed by atoms with Crippen molar-refractivity contribution in [1.82, 2.24) is 5.32 Å². The number of Topliss-reactive ketones (excluding diaryl/α,β-unsaturated/α-hetero) is 1. The molecule has 0 aliphatic rings. The number of carbonyl (C=O) groups excluding carboxylic acids is 2. The minimum absolute atomic E-state index is 0.0185. The molecule has 1 unspecified atom stereocenters. The van der Waals surface area contributed by atoms with Crippen molar-refractivity contribution in [2.75, 3.05) is 0 Å². The highest BCUT2D eigenvalue weighted by molar-refractivity contribution is 6.30. The molecule has 0 aliphatic carbocycles. The zero-order valence-corrected chi connectivity index (χ0v) is 11.0. The molecule has 0 heterocycles. The molecule has 0 aromatic heterocycles. The maximum absolute atomic E-state index is 11.9. The highest BCUT2D eigenvalue weighted by atomic mass is 35.5. The van der Waals surface area contributed by atoms with E-state index in [-0.39, 0.29) is 11.7 Å². The van der Waals surface area contributed by atoms with Gasteiger partial charge in [0.15, 0.2) is 5.78 Å². The molecule has 0 saturated heterocycles. The number of nitrogens with one attached hydrogen (secondary N) is 1. The van der Waals surface area contributed by atoms with Gasteiger partial charge in [-0.25, -0.2) is 0 Å². The Morgan fingerprint density at radius 2 is 2.06 bits per heavy atom. The second-order valence-corrected chi connectivity index (χ2v) is 4.41. The predicted octanol–water partition coefficient (Wildman–Crippen LogP) is 2.75. The van der Waals surface area contributed by atoms with Gasteiger partial charge in [0, 0.05) is 17.0 Å². The number of amides is 1. The van der Waals surface area contributed by atoms with Crippen molar-refractivity contribution in [3.05, 3.63) is 34.3 Å². The summed E-state index contributed by atoms with van der Waals surface area (Å²) in [6.45, 7) is 5.28. The van der Waals surface area contributed by atoms with E-state index < -0.39 is 6.04 Å². The van der Waals surface area contributed by atoms with Gasteiger partial charge in [0.1, 0.15) is 0 Å². The summed E-state index contributed by atoms with van der Waals surface area (Å²) in [6, 6.07) is 4.59. The Bertz CT molecular complexity index is 443. The van der Waals surface area contributed by atoms with Gasteiger partial charge >= 0.3 is 0 Å². The van der Waals surface area contributed by atoms with Gasteiger partial charge in [-0.2, -0.15) is 0 Å². The summed E-state index contributed by atoms with van der Waals surface area (Å²) in [5.74, 6) is -0.224. The number of ketones is 1. The first kappa shape index (κ1) is 13.7. The van der Waals surface area contributed by atoms with Gasteiger partial charge in [-0.15, -0.1) is 0 Å². The number of carbonyl (C=O) groups is 2. The van der Waals surface area contributed by atoms with Gasteiger partial charge in [-0.3, -0.25) is 9.59 Å². The summed E-state index contributed by atoms with van der Waals surface area (Å²) >= 11 is 5.81. The molecule has 0 bridgehead atoms. The quantitative estimate of drug-likeness (QED) is 0.897. The van der Waals surface area contributed by atoms with Crippen LogP contribution in [0.5, 0.6) is 0 Å². The molecule has 0 spiro atoms. The van der Waals surface area contributed by atoms with E-state index in [0.717, 1.165) is 5.56 Å². The van der Waals surface area contributed by atoms with Crippen LogP contribution in [0.4, 0.5) is 0 Å². The van der Waals surface area contributed by atoms with E-state index in [9.17, 15) is 9.59 Å². The molecule has 3 nitrogen and oxygen atoms in total. The van der Waals surface area contributed by atoms with Crippen LogP contribution >= 0.6 is 11.6 Å². The Morgan fingerprint density at radius 1 is 1.41 bits per heavy atom. The average Bonchev–Trinajstić information content (AvgIpc) is 2.27. The molecule has 0 aliphatic heterocycles. The monoisotopic (exact) mass is 253 g/mol. The van der Waals surface area contributed by atoms with E-state index in [1.165, 1.54) is 0 Å². The maximum Gasteiger partial charge on any atom is 0.252 e. The molecule has 0 saturated carbocycles. The summed E-state index contributed by atoms with van der Waals surface area (Å²) in [4.78, 5) is 23.3. The van der Waals surface area contributed by atoms with Gasteiger partial charge in [-0.1, -0.05) is 18.5 Å². The Balaban J connectivity index is 2.80. The SMILES string of the molecule is CCC(=O)C(C)NC(=O)c1ccc(Cl)cc1C. The van der Waals surface area contributed by atoms with Gasteiger partial charge in [0.2, 0.25) is 0 Å². The van der Waals surface area contributed by atoms with Crippen LogP contribution in [0.2, 0.25) is 5.02 Å². The van der Waals surface area contributed by atoms with E-state index in [2.05, 4.69) is 5.32 Å². The molecule has 92 valence electrons. The molecule has 1 aromatic rings. The van der Waals surface area contributed by atoms with Gasteiger partial charge in [-0.05, 0) is 37.6 Å². The lowest BCUT2D eigenvalue weighted by molar-refractivity contribution is -0.120. The van der Waals surface area contributed by atoms with Crippen LogP contribution in [0, 0.1) is 6.92 Å². The largest absolute Gasteiger partial charge is 0.343 e. The molecule has 1 aromatic carbocycles. The molecule has 0 fully saturated rings. The van der Waals surface area contributed by atoms with Crippen LogP contribution in [0.25, 0.3) is 0 Å². The summed E-state index contributed by atoms with van der Waals surface area (Å²) in [5.41, 5.74) is 1.34. The number of rotatable bonds is 4. The van der Waals surface area contributed by atoms with Gasteiger partial charge in [0.25, 0.3) is 5.91 Å². The normalized spacial score (nSPS) is 12.0. The number of halogens is 1. The van der Waals surface area contributed by atoms with Crippen molar-refractivity contribution < 1.29 is 9.59 Å². The zero-order valence-electron chi connectivity index (χ0n) is 10.2. The minimum atomic E-state index is -0.456. The van der Waals surface area contributed by atoms with Crippen LogP contribution in [0.15, 0.2) is 18.2 Å². The number of hydrogen-bond donors (Lipinski definition) is 1. The second kappa shape index (κ2) is 5.82. The van der Waals surface area contributed by atoms with Crippen molar-refractivity contribution >= 4 is 23.3 Å². The summed E-state index contributed by atoms with van der Waals surface area (Å²) in [5, 5.41) is 3.27. The highest BCUT2D eigenvalue weighted by Crippen LogP contribution is 2.15. The van der Waals surface area contributed by atoms with Crippen molar-refractivity contribution in [3.63, 3.8) is 0 Å². The standard InChI is InChI=1S/C13H16ClNO2/c1-4-12(16)9(3)15-13(17)11-6-5-10(14)7-8(11)2/h5-7,9H,4H2,1-3H3,(H,15,17). The van der Waals surface area contributed by atoms with Crippen molar-refractivity contribution in [3.8, 4) is 0 Å². The van der Waals surface area contributed by atoms with E-state index in [0.29, 0.717) is 17.0 Å². The molecule has 4 heteroatoms. The Labute approximate surface area is 106 Å². The average molecular weight is 254 g/mol. The maximum atomic E-state index is 11.9. The summed E-state index contributed by atoms with van der Waals surface area (Å²) in [6.07, 6.45) is 0.418. The van der Waals surface area contributed by atoms with E-state index >= 15 is 0 Å². The minimum Gasteiger partial charge on any atom is -0.343 e. The lowest BCUT2D eigenvalue weighted by Gasteiger charge is -2.13. The topological polar surface area (TPSA) is 46.2 Å². The van der Waals surface area contributed by atoms with Crippen molar-refractivity contribution in [2.45, 2.75) is 33.2 Å². The van der Waals surface area contributed by atoms with Gasteiger partial charge < -0.3 is 5.32 Å². The third-order valence-corrected chi connectivity index (χ3v) is 2.85. The van der Waals surface area contributed by atoms with Crippen LogP contribution in [0.1, 0.15) is 36.2 Å². The first-order valence-electron chi connectivity index (χ1n) is 5.55. The Hall–Kier alpha value is -1.35. The Kier molecular flexibility index (Phi) is 4.70. The number of aryl methyl sites for hydroxylation is 1. The third kappa shape index (κ3) is 3.56. The summed E-state index contributed by atoms with van der Waals surface area (Å²) in [7, 11) is 0. The molecular weight excluding hydrogens is 238 g/mol. The fourth-order valence-electron chi connectivity index (χ4n) is 1.54. The first-order valence-corrected chi connectivity index (χ1v) is 5.93. The first-order chi connectivity index (χ1) is 7.95. The second-order valence-electron chi connectivity index (χ2n) is 3.97. The van der Waals surface area contributed by atoms with E-state index in [4.69, 9.17) is 11.6 Å². The zero-order chi connectivity index (χ0) is 13.0. The Morgan fingerprint density at radius 3 is 2.59 bits per heavy atom. The lowest BCUT2D eigenvalue weighted by Crippen LogP contribution is -2.38. The van der Waals surface area contributed by atoms with Crippen LogP contribution in [-0.4, -0.2) is 17.7 Å². The third-order valence-electron chi connectivity index (χ3n) is 2.61.